The summed E-state index contributed by atoms with van der Waals surface area (Å²) >= 11 is 0. The van der Waals surface area contributed by atoms with Gasteiger partial charge in [0.2, 0.25) is 0 Å². The Hall–Kier alpha value is -1.59. The summed E-state index contributed by atoms with van der Waals surface area (Å²) < 4.78 is 11.0. The zero-order chi connectivity index (χ0) is 13.9. The minimum Gasteiger partial charge on any atom is -0.460 e. The Labute approximate surface area is 113 Å². The lowest BCUT2D eigenvalue weighted by molar-refractivity contribution is 0.0231. The van der Waals surface area contributed by atoms with Gasteiger partial charge in [0.1, 0.15) is 11.5 Å². The lowest BCUT2D eigenvalue weighted by Gasteiger charge is -2.23. The second-order valence-corrected chi connectivity index (χ2v) is 5.25. The number of furan rings is 1. The largest absolute Gasteiger partial charge is 0.460 e. The van der Waals surface area contributed by atoms with Gasteiger partial charge in [-0.15, -0.1) is 0 Å². The molecular formula is C14H21N3O2. The Morgan fingerprint density at radius 3 is 2.84 bits per heavy atom. The molecule has 5 nitrogen and oxygen atoms in total. The minimum absolute atomic E-state index is 0.175. The molecule has 5 heteroatoms. The molecule has 0 spiro atoms. The van der Waals surface area contributed by atoms with Crippen LogP contribution in [0.25, 0.3) is 11.5 Å². The number of nitrogens with zero attached hydrogens (tertiary/aromatic N) is 1. The molecule has 0 fully saturated rings. The topological polar surface area (TPSA) is 63.1 Å². The molecule has 0 radical (unpaired) electrons. The molecule has 2 rings (SSSR count). The van der Waals surface area contributed by atoms with Crippen LogP contribution < -0.4 is 5.32 Å². The molecule has 0 atom stereocenters. The summed E-state index contributed by atoms with van der Waals surface area (Å²) in [6, 6.07) is 3.90. The number of ether oxygens (including phenoxy) is 1. The molecule has 104 valence electrons. The van der Waals surface area contributed by atoms with E-state index >= 15 is 0 Å². The standard InChI is InChI=1S/C14H21N3O2/c1-10-5-6-12(19-10)13-11(8-16-17-13)7-15-9-14(2,3)18-4/h5-6,8,15H,7,9H2,1-4H3,(H,16,17). The van der Waals surface area contributed by atoms with Crippen molar-refractivity contribution in [2.24, 2.45) is 0 Å². The number of nitrogens with one attached hydrogen (secondary N) is 2. The first kappa shape index (κ1) is 13.8. The average molecular weight is 263 g/mol. The monoisotopic (exact) mass is 263 g/mol. The second-order valence-electron chi connectivity index (χ2n) is 5.25. The summed E-state index contributed by atoms with van der Waals surface area (Å²) in [6.45, 7) is 7.51. The number of aryl methyl sites for hydroxylation is 1. The Kier molecular flexibility index (Phi) is 4.07. The van der Waals surface area contributed by atoms with Crippen molar-refractivity contribution in [2.75, 3.05) is 13.7 Å². The van der Waals surface area contributed by atoms with Crippen LogP contribution in [-0.2, 0) is 11.3 Å². The Morgan fingerprint density at radius 1 is 1.42 bits per heavy atom. The van der Waals surface area contributed by atoms with Crippen molar-refractivity contribution < 1.29 is 9.15 Å². The third kappa shape index (κ3) is 3.45. The van der Waals surface area contributed by atoms with Gasteiger partial charge < -0.3 is 14.5 Å². The van der Waals surface area contributed by atoms with Crippen LogP contribution in [0.15, 0.2) is 22.7 Å². The molecule has 0 bridgehead atoms. The van der Waals surface area contributed by atoms with Crippen LogP contribution in [-0.4, -0.2) is 29.5 Å². The number of methoxy groups -OCH3 is 1. The van der Waals surface area contributed by atoms with Gasteiger partial charge in [0.15, 0.2) is 5.76 Å². The van der Waals surface area contributed by atoms with Crippen molar-refractivity contribution in [1.29, 1.82) is 0 Å². The molecule has 0 saturated carbocycles. The van der Waals surface area contributed by atoms with E-state index in [1.807, 2.05) is 39.1 Å². The molecule has 0 amide bonds. The zero-order valence-electron chi connectivity index (χ0n) is 11.9. The zero-order valence-corrected chi connectivity index (χ0v) is 11.9. The van der Waals surface area contributed by atoms with Gasteiger partial charge in [-0.05, 0) is 32.9 Å². The van der Waals surface area contributed by atoms with Gasteiger partial charge in [0, 0.05) is 25.8 Å². The van der Waals surface area contributed by atoms with E-state index in [1.54, 1.807) is 7.11 Å². The highest BCUT2D eigenvalue weighted by Crippen LogP contribution is 2.23. The lowest BCUT2D eigenvalue weighted by atomic mass is 10.1. The summed E-state index contributed by atoms with van der Waals surface area (Å²) in [4.78, 5) is 0. The van der Waals surface area contributed by atoms with E-state index < -0.39 is 0 Å². The third-order valence-electron chi connectivity index (χ3n) is 3.12. The SMILES string of the molecule is COC(C)(C)CNCc1cn[nH]c1-c1ccc(C)o1. The molecule has 2 aromatic rings. The third-order valence-corrected chi connectivity index (χ3v) is 3.12. The number of aromatic amines is 1. The van der Waals surface area contributed by atoms with E-state index in [4.69, 9.17) is 9.15 Å². The fourth-order valence-corrected chi connectivity index (χ4v) is 1.80. The van der Waals surface area contributed by atoms with Gasteiger partial charge in [0.25, 0.3) is 0 Å². The molecule has 0 aliphatic heterocycles. The van der Waals surface area contributed by atoms with Crippen LogP contribution >= 0.6 is 0 Å². The van der Waals surface area contributed by atoms with Gasteiger partial charge in [-0.25, -0.2) is 0 Å². The smallest absolute Gasteiger partial charge is 0.152 e. The highest BCUT2D eigenvalue weighted by atomic mass is 16.5. The molecule has 19 heavy (non-hydrogen) atoms. The highest BCUT2D eigenvalue weighted by Gasteiger charge is 2.16. The normalized spacial score (nSPS) is 12.0. The maximum Gasteiger partial charge on any atom is 0.152 e. The van der Waals surface area contributed by atoms with Crippen LogP contribution in [0.3, 0.4) is 0 Å². The van der Waals surface area contributed by atoms with Crippen LogP contribution in [0.1, 0.15) is 25.2 Å². The number of hydrogen-bond acceptors (Lipinski definition) is 4. The Bertz CT molecular complexity index is 528. The van der Waals surface area contributed by atoms with Crippen molar-refractivity contribution >= 4 is 0 Å². The summed E-state index contributed by atoms with van der Waals surface area (Å²) in [5.74, 6) is 1.71. The average Bonchev–Trinajstić information content (AvgIpc) is 2.97. The number of rotatable bonds is 6. The molecule has 0 aliphatic carbocycles. The van der Waals surface area contributed by atoms with Crippen LogP contribution in [0.2, 0.25) is 0 Å². The van der Waals surface area contributed by atoms with Crippen LogP contribution in [0.5, 0.6) is 0 Å². The first-order valence-corrected chi connectivity index (χ1v) is 6.37. The van der Waals surface area contributed by atoms with E-state index in [2.05, 4.69) is 15.5 Å². The molecule has 2 aromatic heterocycles. The first-order valence-electron chi connectivity index (χ1n) is 6.37. The molecular weight excluding hydrogens is 242 g/mol. The van der Waals surface area contributed by atoms with Crippen LogP contribution in [0, 0.1) is 6.92 Å². The lowest BCUT2D eigenvalue weighted by Crippen LogP contribution is -2.36. The fourth-order valence-electron chi connectivity index (χ4n) is 1.80. The van der Waals surface area contributed by atoms with E-state index in [9.17, 15) is 0 Å². The maximum atomic E-state index is 5.61. The predicted octanol–water partition coefficient (Wildman–Crippen LogP) is 2.49. The van der Waals surface area contributed by atoms with Gasteiger partial charge in [-0.1, -0.05) is 0 Å². The number of hydrogen-bond donors (Lipinski definition) is 2. The first-order chi connectivity index (χ1) is 9.02. The molecule has 0 aromatic carbocycles. The number of aromatic nitrogens is 2. The summed E-state index contributed by atoms with van der Waals surface area (Å²) in [7, 11) is 1.72. The predicted molar refractivity (Wildman–Crippen MR) is 73.8 cm³/mol. The van der Waals surface area contributed by atoms with Gasteiger partial charge in [-0.3, -0.25) is 5.10 Å². The Morgan fingerprint density at radius 2 is 2.21 bits per heavy atom. The fraction of sp³-hybridized carbons (Fsp3) is 0.500. The van der Waals surface area contributed by atoms with E-state index in [0.29, 0.717) is 0 Å². The van der Waals surface area contributed by atoms with Crippen LogP contribution in [0.4, 0.5) is 0 Å². The number of H-pyrrole nitrogens is 1. The van der Waals surface area contributed by atoms with Crippen molar-refractivity contribution in [2.45, 2.75) is 32.9 Å². The minimum atomic E-state index is -0.175. The quantitative estimate of drug-likeness (QED) is 0.840. The van der Waals surface area contributed by atoms with E-state index in [-0.39, 0.29) is 5.60 Å². The molecule has 2 heterocycles. The van der Waals surface area contributed by atoms with Gasteiger partial charge in [-0.2, -0.15) is 5.10 Å². The molecule has 0 aliphatic rings. The summed E-state index contributed by atoms with van der Waals surface area (Å²) in [6.07, 6.45) is 1.82. The van der Waals surface area contributed by atoms with E-state index in [0.717, 1.165) is 35.9 Å². The van der Waals surface area contributed by atoms with Crippen molar-refractivity contribution in [3.8, 4) is 11.5 Å². The van der Waals surface area contributed by atoms with Crippen molar-refractivity contribution in [3.05, 3.63) is 29.7 Å². The maximum absolute atomic E-state index is 5.61. The summed E-state index contributed by atoms with van der Waals surface area (Å²) in [5.41, 5.74) is 1.84. The Balaban J connectivity index is 2.01. The molecule has 0 saturated heterocycles. The summed E-state index contributed by atoms with van der Waals surface area (Å²) in [5, 5.41) is 10.4. The van der Waals surface area contributed by atoms with Crippen molar-refractivity contribution in [1.82, 2.24) is 15.5 Å². The van der Waals surface area contributed by atoms with Crippen molar-refractivity contribution in [3.63, 3.8) is 0 Å². The van der Waals surface area contributed by atoms with Gasteiger partial charge in [0.05, 0.1) is 11.8 Å². The highest BCUT2D eigenvalue weighted by molar-refractivity contribution is 5.56. The van der Waals surface area contributed by atoms with E-state index in [1.165, 1.54) is 0 Å². The van der Waals surface area contributed by atoms with Gasteiger partial charge >= 0.3 is 0 Å². The molecule has 0 unspecified atom stereocenters. The second kappa shape index (κ2) is 5.59. The molecule has 2 N–H and O–H groups in total.